The van der Waals surface area contributed by atoms with Gasteiger partial charge in [0.05, 0.1) is 5.02 Å². The Balaban J connectivity index is 2.32. The van der Waals surface area contributed by atoms with Crippen LogP contribution in [0, 0.1) is 0 Å². The summed E-state index contributed by atoms with van der Waals surface area (Å²) in [6.45, 7) is 1.61. The van der Waals surface area contributed by atoms with E-state index in [4.69, 9.17) is 11.6 Å². The van der Waals surface area contributed by atoms with Gasteiger partial charge in [0.2, 0.25) is 0 Å². The summed E-state index contributed by atoms with van der Waals surface area (Å²) in [5, 5.41) is 0.314. The monoisotopic (exact) mass is 183 g/mol. The molecule has 1 aromatic heterocycles. The lowest BCUT2D eigenvalue weighted by molar-refractivity contribution is 0.0880. The quantitative estimate of drug-likeness (QED) is 0.599. The normalized spacial score (nSPS) is 14.6. The lowest BCUT2D eigenvalue weighted by Gasteiger charge is -2.00. The van der Waals surface area contributed by atoms with Crippen LogP contribution in [0.25, 0.3) is 0 Å². The average molecular weight is 184 g/mol. The third-order valence-corrected chi connectivity index (χ3v) is 1.88. The van der Waals surface area contributed by atoms with Crippen LogP contribution in [0.2, 0.25) is 5.02 Å². The van der Waals surface area contributed by atoms with Gasteiger partial charge in [-0.3, -0.25) is 4.79 Å². The van der Waals surface area contributed by atoms with Crippen molar-refractivity contribution in [1.82, 2.24) is 14.9 Å². The SMILES string of the molecule is O=C(c1ncncc1Cl)N1CC1. The summed E-state index contributed by atoms with van der Waals surface area (Å²) in [5.41, 5.74) is 0.296. The molecule has 0 spiro atoms. The maximum Gasteiger partial charge on any atom is 0.274 e. The molecule has 5 heteroatoms. The third-order valence-electron chi connectivity index (χ3n) is 1.60. The zero-order valence-electron chi connectivity index (χ0n) is 6.20. The summed E-state index contributed by atoms with van der Waals surface area (Å²) < 4.78 is 0. The van der Waals surface area contributed by atoms with Gasteiger partial charge in [0.25, 0.3) is 5.91 Å². The summed E-state index contributed by atoms with van der Waals surface area (Å²) in [4.78, 5) is 20.5. The van der Waals surface area contributed by atoms with E-state index in [0.717, 1.165) is 13.1 Å². The molecule has 2 rings (SSSR count). The van der Waals surface area contributed by atoms with Gasteiger partial charge in [-0.25, -0.2) is 9.97 Å². The van der Waals surface area contributed by atoms with E-state index in [1.54, 1.807) is 4.90 Å². The molecular weight excluding hydrogens is 178 g/mol. The van der Waals surface area contributed by atoms with Gasteiger partial charge in [-0.15, -0.1) is 0 Å². The molecule has 1 aliphatic rings. The van der Waals surface area contributed by atoms with Crippen molar-refractivity contribution in [2.24, 2.45) is 0 Å². The first kappa shape index (κ1) is 7.49. The molecular formula is C7H6ClN3O. The summed E-state index contributed by atoms with van der Waals surface area (Å²) in [5.74, 6) is -0.109. The van der Waals surface area contributed by atoms with E-state index < -0.39 is 0 Å². The first-order valence-electron chi connectivity index (χ1n) is 3.54. The van der Waals surface area contributed by atoms with Crippen LogP contribution in [0.4, 0.5) is 0 Å². The van der Waals surface area contributed by atoms with Crippen molar-refractivity contribution in [3.63, 3.8) is 0 Å². The molecule has 1 fully saturated rings. The maximum absolute atomic E-state index is 11.4. The number of nitrogens with zero attached hydrogens (tertiary/aromatic N) is 3. The Labute approximate surface area is 74.2 Å². The van der Waals surface area contributed by atoms with Gasteiger partial charge >= 0.3 is 0 Å². The number of halogens is 1. The predicted molar refractivity (Wildman–Crippen MR) is 42.9 cm³/mol. The van der Waals surface area contributed by atoms with Gasteiger partial charge in [-0.2, -0.15) is 0 Å². The van der Waals surface area contributed by atoms with Crippen LogP contribution in [0.5, 0.6) is 0 Å². The molecule has 1 aliphatic heterocycles. The average Bonchev–Trinajstić information content (AvgIpc) is 2.86. The van der Waals surface area contributed by atoms with E-state index in [1.165, 1.54) is 12.5 Å². The molecule has 0 radical (unpaired) electrons. The third kappa shape index (κ3) is 1.25. The van der Waals surface area contributed by atoms with Crippen molar-refractivity contribution in [2.45, 2.75) is 0 Å². The first-order chi connectivity index (χ1) is 5.79. The molecule has 0 atom stereocenters. The van der Waals surface area contributed by atoms with Crippen molar-refractivity contribution >= 4 is 17.5 Å². The van der Waals surface area contributed by atoms with Crippen LogP contribution in [0.1, 0.15) is 10.5 Å². The van der Waals surface area contributed by atoms with E-state index in [0.29, 0.717) is 10.7 Å². The Morgan fingerprint density at radius 2 is 2.33 bits per heavy atom. The highest BCUT2D eigenvalue weighted by molar-refractivity contribution is 6.33. The van der Waals surface area contributed by atoms with Gasteiger partial charge < -0.3 is 4.90 Å². The number of hydrogen-bond acceptors (Lipinski definition) is 3. The molecule has 4 nitrogen and oxygen atoms in total. The number of aromatic nitrogens is 2. The van der Waals surface area contributed by atoms with E-state index in [2.05, 4.69) is 9.97 Å². The molecule has 0 unspecified atom stereocenters. The highest BCUT2D eigenvalue weighted by Gasteiger charge is 2.27. The number of carbonyl (C=O) groups excluding carboxylic acids is 1. The lowest BCUT2D eigenvalue weighted by atomic mass is 10.4. The van der Waals surface area contributed by atoms with Crippen LogP contribution in [0.3, 0.4) is 0 Å². The van der Waals surface area contributed by atoms with Crippen LogP contribution >= 0.6 is 11.6 Å². The molecule has 0 bridgehead atoms. The molecule has 1 aromatic rings. The smallest absolute Gasteiger partial charge is 0.274 e. The minimum absolute atomic E-state index is 0.109. The number of rotatable bonds is 1. The highest BCUT2D eigenvalue weighted by Crippen LogP contribution is 2.16. The fraction of sp³-hybridized carbons (Fsp3) is 0.286. The van der Waals surface area contributed by atoms with Gasteiger partial charge in [0.15, 0.2) is 0 Å². The maximum atomic E-state index is 11.4. The minimum atomic E-state index is -0.109. The van der Waals surface area contributed by atoms with Crippen LogP contribution in [0.15, 0.2) is 12.5 Å². The summed E-state index contributed by atoms with van der Waals surface area (Å²) in [6, 6.07) is 0. The van der Waals surface area contributed by atoms with Crippen LogP contribution in [-0.4, -0.2) is 33.9 Å². The second kappa shape index (κ2) is 2.71. The molecule has 12 heavy (non-hydrogen) atoms. The number of carbonyl (C=O) groups is 1. The topological polar surface area (TPSA) is 45.9 Å². The van der Waals surface area contributed by atoms with Crippen molar-refractivity contribution < 1.29 is 4.79 Å². The van der Waals surface area contributed by atoms with Crippen LogP contribution in [-0.2, 0) is 0 Å². The van der Waals surface area contributed by atoms with Crippen molar-refractivity contribution in [2.75, 3.05) is 13.1 Å². The number of hydrogen-bond donors (Lipinski definition) is 0. The summed E-state index contributed by atoms with van der Waals surface area (Å²) >= 11 is 5.72. The lowest BCUT2D eigenvalue weighted by Crippen LogP contribution is -2.13. The Morgan fingerprint density at radius 1 is 1.58 bits per heavy atom. The van der Waals surface area contributed by atoms with Crippen molar-refractivity contribution in [3.05, 3.63) is 23.2 Å². The Bertz CT molecular complexity index is 324. The molecule has 0 aliphatic carbocycles. The standard InChI is InChI=1S/C7H6ClN3O/c8-5-3-9-4-10-6(5)7(12)11-1-2-11/h3-4H,1-2H2. The molecule has 0 saturated carbocycles. The molecule has 0 aromatic carbocycles. The molecule has 0 N–H and O–H groups in total. The van der Waals surface area contributed by atoms with E-state index in [9.17, 15) is 4.79 Å². The van der Waals surface area contributed by atoms with Crippen molar-refractivity contribution in [1.29, 1.82) is 0 Å². The summed E-state index contributed by atoms with van der Waals surface area (Å²) in [7, 11) is 0. The molecule has 62 valence electrons. The van der Waals surface area contributed by atoms with Gasteiger partial charge in [0, 0.05) is 19.3 Å². The van der Waals surface area contributed by atoms with Gasteiger partial charge in [0.1, 0.15) is 12.0 Å². The first-order valence-corrected chi connectivity index (χ1v) is 3.91. The fourth-order valence-electron chi connectivity index (χ4n) is 0.873. The minimum Gasteiger partial charge on any atom is -0.334 e. The van der Waals surface area contributed by atoms with Crippen molar-refractivity contribution in [3.8, 4) is 0 Å². The molecule has 1 saturated heterocycles. The second-order valence-electron chi connectivity index (χ2n) is 2.51. The van der Waals surface area contributed by atoms with Gasteiger partial charge in [-0.1, -0.05) is 11.6 Å². The Morgan fingerprint density at radius 3 is 2.92 bits per heavy atom. The van der Waals surface area contributed by atoms with E-state index in [-0.39, 0.29) is 5.91 Å². The Hall–Kier alpha value is -1.16. The van der Waals surface area contributed by atoms with Crippen LogP contribution < -0.4 is 0 Å². The highest BCUT2D eigenvalue weighted by atomic mass is 35.5. The predicted octanol–water partition coefficient (Wildman–Crippen LogP) is 0.586. The zero-order chi connectivity index (χ0) is 8.55. The fourth-order valence-corrected chi connectivity index (χ4v) is 1.06. The molecule has 2 heterocycles. The van der Waals surface area contributed by atoms with Gasteiger partial charge in [-0.05, 0) is 0 Å². The van der Waals surface area contributed by atoms with E-state index >= 15 is 0 Å². The molecule has 1 amide bonds. The summed E-state index contributed by atoms with van der Waals surface area (Å²) in [6.07, 6.45) is 2.74. The van der Waals surface area contributed by atoms with E-state index in [1.807, 2.05) is 0 Å². The Kier molecular flexibility index (Phi) is 1.69. The number of amides is 1. The second-order valence-corrected chi connectivity index (χ2v) is 2.92. The zero-order valence-corrected chi connectivity index (χ0v) is 6.95. The largest absolute Gasteiger partial charge is 0.334 e.